The first-order valence-electron chi connectivity index (χ1n) is 6.81. The Labute approximate surface area is 114 Å². The van der Waals surface area contributed by atoms with Gasteiger partial charge in [-0.2, -0.15) is 0 Å². The zero-order valence-electron chi connectivity index (χ0n) is 11.9. The molecule has 0 aliphatic rings. The Bertz CT molecular complexity index is 389. The summed E-state index contributed by atoms with van der Waals surface area (Å²) in [4.78, 5) is 11.2. The second-order valence-electron chi connectivity index (χ2n) is 4.56. The quantitative estimate of drug-likeness (QED) is 0.466. The summed E-state index contributed by atoms with van der Waals surface area (Å²) in [5.41, 5.74) is 0.906. The molecule has 4 nitrogen and oxygen atoms in total. The first-order valence-corrected chi connectivity index (χ1v) is 6.81. The number of benzene rings is 1. The van der Waals surface area contributed by atoms with Gasteiger partial charge >= 0.3 is 0 Å². The van der Waals surface area contributed by atoms with Crippen LogP contribution in [0.25, 0.3) is 0 Å². The summed E-state index contributed by atoms with van der Waals surface area (Å²) < 4.78 is 5.58. The van der Waals surface area contributed by atoms with Crippen molar-refractivity contribution in [1.82, 2.24) is 5.06 Å². The van der Waals surface area contributed by atoms with Crippen molar-refractivity contribution in [3.05, 3.63) is 29.8 Å². The molecule has 1 aromatic carbocycles. The van der Waals surface area contributed by atoms with Crippen molar-refractivity contribution < 1.29 is 14.7 Å². The van der Waals surface area contributed by atoms with Gasteiger partial charge in [-0.15, -0.1) is 0 Å². The summed E-state index contributed by atoms with van der Waals surface area (Å²) in [6.45, 7) is 6.12. The van der Waals surface area contributed by atoms with Crippen molar-refractivity contribution in [3.63, 3.8) is 0 Å². The molecule has 0 saturated heterocycles. The topological polar surface area (TPSA) is 49.8 Å². The van der Waals surface area contributed by atoms with Gasteiger partial charge in [-0.3, -0.25) is 10.0 Å². The van der Waals surface area contributed by atoms with Crippen LogP contribution < -0.4 is 4.74 Å². The minimum atomic E-state index is -0.352. The van der Waals surface area contributed by atoms with Gasteiger partial charge in [0.15, 0.2) is 0 Å². The van der Waals surface area contributed by atoms with E-state index in [0.717, 1.165) is 29.2 Å². The fourth-order valence-electron chi connectivity index (χ4n) is 1.89. The number of nitrogens with zero attached hydrogens (tertiary/aromatic N) is 1. The molecule has 0 aromatic heterocycles. The molecular formula is C15H23NO3. The van der Waals surface area contributed by atoms with Crippen LogP contribution in [0.3, 0.4) is 0 Å². The van der Waals surface area contributed by atoms with Crippen molar-refractivity contribution in [3.8, 4) is 5.75 Å². The molecule has 0 fully saturated rings. The fraction of sp³-hybridized carbons (Fsp3) is 0.533. The van der Waals surface area contributed by atoms with E-state index in [0.29, 0.717) is 13.0 Å². The third-order valence-corrected chi connectivity index (χ3v) is 3.04. The number of ether oxygens (including phenoxy) is 1. The molecule has 0 unspecified atom stereocenters. The molecule has 1 atom stereocenters. The van der Waals surface area contributed by atoms with Crippen LogP contribution in [0, 0.1) is 0 Å². The lowest BCUT2D eigenvalue weighted by Crippen LogP contribution is -2.29. The normalized spacial score (nSPS) is 12.0. The summed E-state index contributed by atoms with van der Waals surface area (Å²) in [6, 6.07) is 7.23. The molecule has 0 heterocycles. The summed E-state index contributed by atoms with van der Waals surface area (Å²) in [5.74, 6) is 0.467. The van der Waals surface area contributed by atoms with Gasteiger partial charge in [0.1, 0.15) is 5.75 Å². The minimum absolute atomic E-state index is 0.304. The van der Waals surface area contributed by atoms with Gasteiger partial charge in [-0.25, -0.2) is 5.06 Å². The van der Waals surface area contributed by atoms with E-state index < -0.39 is 0 Å². The number of hydrogen-bond donors (Lipinski definition) is 1. The molecule has 0 aliphatic carbocycles. The minimum Gasteiger partial charge on any atom is -0.494 e. The highest BCUT2D eigenvalue weighted by molar-refractivity contribution is 5.72. The molecule has 4 heteroatoms. The van der Waals surface area contributed by atoms with Crippen LogP contribution in [0.2, 0.25) is 0 Å². The number of rotatable bonds is 7. The highest BCUT2D eigenvalue weighted by Gasteiger charge is 2.19. The maximum Gasteiger partial charge on any atom is 0.243 e. The maximum absolute atomic E-state index is 11.2. The lowest BCUT2D eigenvalue weighted by Gasteiger charge is -2.24. The second-order valence-corrected chi connectivity index (χ2v) is 4.56. The first kappa shape index (κ1) is 15.5. The van der Waals surface area contributed by atoms with E-state index in [1.54, 1.807) is 0 Å². The Morgan fingerprint density at radius 2 is 1.95 bits per heavy atom. The number of hydrogen-bond acceptors (Lipinski definition) is 3. The van der Waals surface area contributed by atoms with E-state index in [4.69, 9.17) is 4.74 Å². The molecule has 1 aromatic rings. The van der Waals surface area contributed by atoms with Crippen LogP contribution >= 0.6 is 0 Å². The van der Waals surface area contributed by atoms with Crippen molar-refractivity contribution in [2.24, 2.45) is 0 Å². The molecule has 1 rings (SSSR count). The second kappa shape index (κ2) is 7.79. The average molecular weight is 265 g/mol. The molecule has 19 heavy (non-hydrogen) atoms. The SMILES string of the molecule is CCCCOc1ccc([C@@H](CC)N(O)C(C)=O)cc1. The van der Waals surface area contributed by atoms with Crippen LogP contribution in [-0.4, -0.2) is 22.8 Å². The molecule has 0 saturated carbocycles. The number of carbonyl (C=O) groups excluding carboxylic acids is 1. The van der Waals surface area contributed by atoms with Crippen molar-refractivity contribution >= 4 is 5.91 Å². The van der Waals surface area contributed by atoms with E-state index in [-0.39, 0.29) is 11.9 Å². The predicted octanol–water partition coefficient (Wildman–Crippen LogP) is 3.55. The monoisotopic (exact) mass is 265 g/mol. The zero-order chi connectivity index (χ0) is 14.3. The fourth-order valence-corrected chi connectivity index (χ4v) is 1.89. The molecule has 0 spiro atoms. The van der Waals surface area contributed by atoms with Gasteiger partial charge in [0.2, 0.25) is 5.91 Å². The van der Waals surface area contributed by atoms with E-state index in [1.807, 2.05) is 31.2 Å². The third-order valence-electron chi connectivity index (χ3n) is 3.04. The standard InChI is InChI=1S/C15H23NO3/c1-4-6-11-19-14-9-7-13(8-10-14)15(5-2)16(18)12(3)17/h7-10,15,18H,4-6,11H2,1-3H3/t15-/m1/s1. The Morgan fingerprint density at radius 3 is 2.42 bits per heavy atom. The molecule has 1 N–H and O–H groups in total. The van der Waals surface area contributed by atoms with Gasteiger partial charge in [-0.05, 0) is 30.5 Å². The molecule has 1 amide bonds. The molecule has 0 bridgehead atoms. The van der Waals surface area contributed by atoms with Gasteiger partial charge in [0.05, 0.1) is 12.6 Å². The predicted molar refractivity (Wildman–Crippen MR) is 74.2 cm³/mol. The Morgan fingerprint density at radius 1 is 1.32 bits per heavy atom. The van der Waals surface area contributed by atoms with E-state index in [2.05, 4.69) is 6.92 Å². The van der Waals surface area contributed by atoms with E-state index in [9.17, 15) is 10.0 Å². The van der Waals surface area contributed by atoms with Crippen LogP contribution in [0.5, 0.6) is 5.75 Å². The first-order chi connectivity index (χ1) is 9.10. The van der Waals surface area contributed by atoms with Crippen LogP contribution in [0.4, 0.5) is 0 Å². The zero-order valence-corrected chi connectivity index (χ0v) is 11.9. The summed E-state index contributed by atoms with van der Waals surface area (Å²) in [6.07, 6.45) is 2.80. The van der Waals surface area contributed by atoms with Gasteiger partial charge in [0, 0.05) is 6.92 Å². The van der Waals surface area contributed by atoms with E-state index in [1.165, 1.54) is 6.92 Å². The smallest absolute Gasteiger partial charge is 0.243 e. The molecular weight excluding hydrogens is 242 g/mol. The number of unbranched alkanes of at least 4 members (excludes halogenated alkanes) is 1. The van der Waals surface area contributed by atoms with Crippen molar-refractivity contribution in [2.75, 3.05) is 6.61 Å². The Balaban J connectivity index is 2.70. The molecule has 106 valence electrons. The van der Waals surface area contributed by atoms with Crippen LogP contribution in [-0.2, 0) is 4.79 Å². The molecule has 0 radical (unpaired) electrons. The molecule has 0 aliphatic heterocycles. The number of amides is 1. The van der Waals surface area contributed by atoms with E-state index >= 15 is 0 Å². The number of carbonyl (C=O) groups is 1. The van der Waals surface area contributed by atoms with Crippen LogP contribution in [0.1, 0.15) is 51.6 Å². The Kier molecular flexibility index (Phi) is 6.36. The van der Waals surface area contributed by atoms with Crippen molar-refractivity contribution in [1.29, 1.82) is 0 Å². The summed E-state index contributed by atoms with van der Waals surface area (Å²) in [5, 5.41) is 10.5. The van der Waals surface area contributed by atoms with Gasteiger partial charge < -0.3 is 4.74 Å². The van der Waals surface area contributed by atoms with Crippen molar-refractivity contribution in [2.45, 2.75) is 46.1 Å². The summed E-state index contributed by atoms with van der Waals surface area (Å²) in [7, 11) is 0. The Hall–Kier alpha value is -1.55. The van der Waals surface area contributed by atoms with Gasteiger partial charge in [0.25, 0.3) is 0 Å². The average Bonchev–Trinajstić information content (AvgIpc) is 2.41. The maximum atomic E-state index is 11.2. The highest BCUT2D eigenvalue weighted by atomic mass is 16.5. The summed E-state index contributed by atoms with van der Waals surface area (Å²) >= 11 is 0. The number of hydroxylamine groups is 2. The van der Waals surface area contributed by atoms with Gasteiger partial charge in [-0.1, -0.05) is 32.4 Å². The largest absolute Gasteiger partial charge is 0.494 e. The lowest BCUT2D eigenvalue weighted by molar-refractivity contribution is -0.174. The third kappa shape index (κ3) is 4.56. The lowest BCUT2D eigenvalue weighted by atomic mass is 10.0. The van der Waals surface area contributed by atoms with Crippen LogP contribution in [0.15, 0.2) is 24.3 Å². The highest BCUT2D eigenvalue weighted by Crippen LogP contribution is 2.24.